The Labute approximate surface area is 120 Å². The molecule has 0 radical (unpaired) electrons. The summed E-state index contributed by atoms with van der Waals surface area (Å²) in [5.41, 5.74) is 0. The molecule has 1 N–H and O–H groups in total. The highest BCUT2D eigenvalue weighted by Gasteiger charge is 2.30. The molecule has 2 fully saturated rings. The van der Waals surface area contributed by atoms with Crippen LogP contribution >= 0.6 is 0 Å². The van der Waals surface area contributed by atoms with Gasteiger partial charge in [-0.05, 0) is 25.7 Å². The maximum atomic E-state index is 11.5. The van der Waals surface area contributed by atoms with Gasteiger partial charge in [-0.2, -0.15) is 0 Å². The molecule has 3 rings (SSSR count). The third kappa shape index (κ3) is 5.03. The Bertz CT molecular complexity index is 397. The van der Waals surface area contributed by atoms with Crippen LogP contribution in [0.3, 0.4) is 0 Å². The predicted octanol–water partition coefficient (Wildman–Crippen LogP) is 1.82. The third-order valence-electron chi connectivity index (χ3n) is 3.49. The zero-order chi connectivity index (χ0) is 14.2. The zero-order valence-corrected chi connectivity index (χ0v) is 11.8. The highest BCUT2D eigenvalue weighted by Crippen LogP contribution is 2.28. The van der Waals surface area contributed by atoms with Gasteiger partial charge in [-0.1, -0.05) is 36.4 Å². The molecule has 1 saturated heterocycles. The van der Waals surface area contributed by atoms with Crippen molar-refractivity contribution < 1.29 is 9.59 Å². The number of hydrogen-bond acceptors (Lipinski definition) is 2. The van der Waals surface area contributed by atoms with E-state index in [9.17, 15) is 9.59 Å². The quantitative estimate of drug-likeness (QED) is 0.914. The molecule has 2 amide bonds. The molecular weight excluding hydrogens is 252 g/mol. The minimum absolute atomic E-state index is 0.0533. The second-order valence-corrected chi connectivity index (χ2v) is 5.23. The summed E-state index contributed by atoms with van der Waals surface area (Å²) in [5, 5.41) is 2.69. The van der Waals surface area contributed by atoms with Crippen molar-refractivity contribution in [3.05, 3.63) is 36.4 Å². The van der Waals surface area contributed by atoms with Crippen molar-refractivity contribution in [2.24, 2.45) is 5.92 Å². The van der Waals surface area contributed by atoms with E-state index in [-0.39, 0.29) is 24.3 Å². The van der Waals surface area contributed by atoms with Crippen LogP contribution < -0.4 is 5.32 Å². The lowest BCUT2D eigenvalue weighted by molar-refractivity contribution is -0.132. The highest BCUT2D eigenvalue weighted by molar-refractivity contribution is 5.86. The fourth-order valence-electron chi connectivity index (χ4n) is 2.12. The molecule has 0 aromatic heterocycles. The highest BCUT2D eigenvalue weighted by atomic mass is 16.2. The Hall–Kier alpha value is -1.84. The summed E-state index contributed by atoms with van der Waals surface area (Å²) in [6.07, 6.45) is 4.18. The number of nitrogens with zero attached hydrogens (tertiary/aromatic N) is 1. The first kappa shape index (κ1) is 14.6. The smallest absolute Gasteiger partial charge is 0.241 e. The van der Waals surface area contributed by atoms with Crippen LogP contribution in [0.15, 0.2) is 36.4 Å². The van der Waals surface area contributed by atoms with Gasteiger partial charge in [0, 0.05) is 19.0 Å². The van der Waals surface area contributed by atoms with E-state index in [0.717, 1.165) is 38.8 Å². The summed E-state index contributed by atoms with van der Waals surface area (Å²) in [6, 6.07) is 12.0. The fraction of sp³-hybridized carbons (Fsp3) is 0.500. The summed E-state index contributed by atoms with van der Waals surface area (Å²) in [7, 11) is 0. The zero-order valence-electron chi connectivity index (χ0n) is 11.8. The predicted molar refractivity (Wildman–Crippen MR) is 78.0 cm³/mol. The van der Waals surface area contributed by atoms with Crippen molar-refractivity contribution in [2.75, 3.05) is 19.6 Å². The first-order chi connectivity index (χ1) is 9.77. The van der Waals surface area contributed by atoms with Gasteiger partial charge in [0.25, 0.3) is 0 Å². The monoisotopic (exact) mass is 274 g/mol. The first-order valence-corrected chi connectivity index (χ1v) is 7.33. The molecule has 0 unspecified atom stereocenters. The van der Waals surface area contributed by atoms with Gasteiger partial charge in [0.05, 0.1) is 6.54 Å². The number of rotatable bonds is 3. The summed E-state index contributed by atoms with van der Waals surface area (Å²) >= 11 is 0. The van der Waals surface area contributed by atoms with Crippen LogP contribution in [0, 0.1) is 5.92 Å². The molecule has 0 spiro atoms. The van der Waals surface area contributed by atoms with Gasteiger partial charge < -0.3 is 10.2 Å². The normalized spacial score (nSPS) is 17.1. The van der Waals surface area contributed by atoms with Gasteiger partial charge in [-0.3, -0.25) is 9.59 Å². The van der Waals surface area contributed by atoms with Crippen molar-refractivity contribution in [3.8, 4) is 0 Å². The Kier molecular flexibility index (Phi) is 5.59. The van der Waals surface area contributed by atoms with Gasteiger partial charge in [0.2, 0.25) is 11.8 Å². The molecule has 108 valence electrons. The van der Waals surface area contributed by atoms with Crippen LogP contribution in [0.2, 0.25) is 0 Å². The minimum atomic E-state index is 0.0533. The molecule has 4 nitrogen and oxygen atoms in total. The maximum Gasteiger partial charge on any atom is 0.241 e. The van der Waals surface area contributed by atoms with Gasteiger partial charge >= 0.3 is 0 Å². The van der Waals surface area contributed by atoms with E-state index in [1.54, 1.807) is 0 Å². The molecule has 1 aliphatic heterocycles. The summed E-state index contributed by atoms with van der Waals surface area (Å²) in [4.78, 5) is 24.6. The van der Waals surface area contributed by atoms with E-state index in [1.165, 1.54) is 0 Å². The fourth-order valence-corrected chi connectivity index (χ4v) is 2.12. The molecule has 2 aliphatic rings. The summed E-state index contributed by atoms with van der Waals surface area (Å²) < 4.78 is 0. The third-order valence-corrected chi connectivity index (χ3v) is 3.49. The van der Waals surface area contributed by atoms with Crippen LogP contribution in [0.5, 0.6) is 0 Å². The number of carbonyl (C=O) groups is 2. The van der Waals surface area contributed by atoms with E-state index in [1.807, 2.05) is 41.3 Å². The molecule has 1 aliphatic carbocycles. The molecule has 20 heavy (non-hydrogen) atoms. The van der Waals surface area contributed by atoms with Crippen molar-refractivity contribution in [3.63, 3.8) is 0 Å². The standard InChI is InChI=1S/C10H16N2O2.C6H6/c13-9(12-5-1-2-6-12)7-11-10(14)8-3-4-8;1-2-4-6-5-3-1/h8H,1-7H2,(H,11,14);1-6H. The van der Waals surface area contributed by atoms with Gasteiger partial charge in [0.15, 0.2) is 0 Å². The van der Waals surface area contributed by atoms with Crippen molar-refractivity contribution in [1.82, 2.24) is 10.2 Å². The summed E-state index contributed by atoms with van der Waals surface area (Å²) in [6.45, 7) is 1.91. The lowest BCUT2D eigenvalue weighted by Gasteiger charge is -2.15. The van der Waals surface area contributed by atoms with Crippen LogP contribution in [0.1, 0.15) is 25.7 Å². The SMILES string of the molecule is O=C(NCC(=O)N1CCCC1)C1CC1.c1ccccc1. The van der Waals surface area contributed by atoms with Gasteiger partial charge in [-0.15, -0.1) is 0 Å². The van der Waals surface area contributed by atoms with Crippen molar-refractivity contribution in [1.29, 1.82) is 0 Å². The first-order valence-electron chi connectivity index (χ1n) is 7.33. The number of likely N-dealkylation sites (tertiary alicyclic amines) is 1. The van der Waals surface area contributed by atoms with Crippen LogP contribution in [-0.2, 0) is 9.59 Å². The largest absolute Gasteiger partial charge is 0.347 e. The molecule has 0 atom stereocenters. The second kappa shape index (κ2) is 7.68. The van der Waals surface area contributed by atoms with Gasteiger partial charge in [0.1, 0.15) is 0 Å². The van der Waals surface area contributed by atoms with E-state index in [2.05, 4.69) is 5.32 Å². The molecule has 4 heteroatoms. The number of benzene rings is 1. The van der Waals surface area contributed by atoms with Crippen molar-refractivity contribution in [2.45, 2.75) is 25.7 Å². The number of hydrogen-bond donors (Lipinski definition) is 1. The Morgan fingerprint density at radius 3 is 1.90 bits per heavy atom. The maximum absolute atomic E-state index is 11.5. The van der Waals surface area contributed by atoms with E-state index in [4.69, 9.17) is 0 Å². The number of carbonyl (C=O) groups excluding carboxylic acids is 2. The lowest BCUT2D eigenvalue weighted by Crippen LogP contribution is -2.39. The molecule has 0 bridgehead atoms. The summed E-state index contributed by atoms with van der Waals surface area (Å²) in [5.74, 6) is 0.315. The van der Waals surface area contributed by atoms with Crippen LogP contribution in [0.25, 0.3) is 0 Å². The Morgan fingerprint density at radius 2 is 1.45 bits per heavy atom. The van der Waals surface area contributed by atoms with E-state index in [0.29, 0.717) is 0 Å². The van der Waals surface area contributed by atoms with Gasteiger partial charge in [-0.25, -0.2) is 0 Å². The topological polar surface area (TPSA) is 49.4 Å². The van der Waals surface area contributed by atoms with E-state index >= 15 is 0 Å². The Morgan fingerprint density at radius 1 is 0.950 bits per heavy atom. The molecule has 1 heterocycles. The molecule has 1 aromatic rings. The van der Waals surface area contributed by atoms with E-state index < -0.39 is 0 Å². The average molecular weight is 274 g/mol. The Balaban J connectivity index is 0.000000205. The minimum Gasteiger partial charge on any atom is -0.347 e. The van der Waals surface area contributed by atoms with Crippen LogP contribution in [-0.4, -0.2) is 36.3 Å². The molecule has 1 saturated carbocycles. The van der Waals surface area contributed by atoms with Crippen molar-refractivity contribution >= 4 is 11.8 Å². The van der Waals surface area contributed by atoms with Crippen LogP contribution in [0.4, 0.5) is 0 Å². The number of amides is 2. The number of nitrogens with one attached hydrogen (secondary N) is 1. The second-order valence-electron chi connectivity index (χ2n) is 5.23. The molecule has 1 aromatic carbocycles. The average Bonchev–Trinajstić information content (AvgIpc) is 3.21. The lowest BCUT2D eigenvalue weighted by atomic mass is 10.4. The molecular formula is C16H22N2O2.